The number of fused-ring (bicyclic) bond motifs is 1. The minimum absolute atomic E-state index is 0.725. The number of hydrogen-bond acceptors (Lipinski definition) is 3. The first kappa shape index (κ1) is 12.0. The lowest BCUT2D eigenvalue weighted by atomic mass is 10.3. The van der Waals surface area contributed by atoms with Crippen molar-refractivity contribution >= 4 is 23.3 Å². The van der Waals surface area contributed by atoms with Gasteiger partial charge in [-0.15, -0.1) is 0 Å². The topological polar surface area (TPSA) is 47.8 Å². The summed E-state index contributed by atoms with van der Waals surface area (Å²) in [6, 6.07) is 5.90. The molecule has 0 fully saturated rings. The first-order valence-corrected chi connectivity index (χ1v) is 6.41. The number of aryl methyl sites for hydroxylation is 2. The molecule has 0 amide bonds. The van der Waals surface area contributed by atoms with E-state index in [9.17, 15) is 0 Å². The summed E-state index contributed by atoms with van der Waals surface area (Å²) in [5.74, 6) is 0.831. The second kappa shape index (κ2) is 4.89. The van der Waals surface area contributed by atoms with Gasteiger partial charge in [0.05, 0.1) is 24.5 Å². The van der Waals surface area contributed by atoms with Crippen LogP contribution >= 0.6 is 12.2 Å². The molecule has 6 heteroatoms. The number of hydrogen-bond donors (Lipinski definition) is 1. The average Bonchev–Trinajstić information content (AvgIpc) is 3.03. The van der Waals surface area contributed by atoms with Gasteiger partial charge in [-0.25, -0.2) is 4.98 Å². The van der Waals surface area contributed by atoms with E-state index in [1.165, 1.54) is 0 Å². The Kier molecular flexibility index (Phi) is 3.08. The predicted octanol–water partition coefficient (Wildman–Crippen LogP) is 2.60. The highest BCUT2D eigenvalue weighted by Crippen LogP contribution is 2.20. The zero-order valence-corrected chi connectivity index (χ0v) is 11.4. The van der Waals surface area contributed by atoms with E-state index < -0.39 is 0 Å². The number of nitrogens with one attached hydrogen (secondary N) is 1. The Morgan fingerprint density at radius 2 is 2.26 bits per heavy atom. The molecule has 3 aromatic rings. The standard InChI is InChI=1S/C13H14N4OS/c1-18-10-2-3-11-12(8-10)17(13(19)15-11)7-6-16-5-4-14-9-16/h2-5,8-9H,6-7H2,1H3,(H,15,19). The minimum Gasteiger partial charge on any atom is -0.497 e. The molecule has 0 radical (unpaired) electrons. The lowest BCUT2D eigenvalue weighted by molar-refractivity contribution is 0.415. The molecular formula is C13H14N4OS. The Hall–Kier alpha value is -2.08. The molecule has 19 heavy (non-hydrogen) atoms. The zero-order valence-electron chi connectivity index (χ0n) is 10.5. The summed E-state index contributed by atoms with van der Waals surface area (Å²) < 4.78 is 10.1. The van der Waals surface area contributed by atoms with Crippen LogP contribution in [0, 0.1) is 4.77 Å². The number of imidazole rings is 2. The van der Waals surface area contributed by atoms with Crippen molar-refractivity contribution in [2.24, 2.45) is 0 Å². The highest BCUT2D eigenvalue weighted by molar-refractivity contribution is 7.71. The number of aromatic nitrogens is 4. The van der Waals surface area contributed by atoms with Crippen molar-refractivity contribution in [3.63, 3.8) is 0 Å². The number of ether oxygens (including phenoxy) is 1. The molecule has 3 rings (SSSR count). The molecule has 0 aliphatic carbocycles. The largest absolute Gasteiger partial charge is 0.497 e. The second-order valence-electron chi connectivity index (χ2n) is 4.27. The lowest BCUT2D eigenvalue weighted by Gasteiger charge is -2.06. The van der Waals surface area contributed by atoms with Gasteiger partial charge < -0.3 is 18.9 Å². The van der Waals surface area contributed by atoms with Gasteiger partial charge in [-0.05, 0) is 24.4 Å². The molecule has 0 saturated heterocycles. The summed E-state index contributed by atoms with van der Waals surface area (Å²) in [5, 5.41) is 0. The summed E-state index contributed by atoms with van der Waals surface area (Å²) in [4.78, 5) is 7.24. The second-order valence-corrected chi connectivity index (χ2v) is 4.65. The maximum Gasteiger partial charge on any atom is 0.178 e. The Morgan fingerprint density at radius 1 is 1.37 bits per heavy atom. The van der Waals surface area contributed by atoms with Gasteiger partial charge in [0.1, 0.15) is 5.75 Å². The molecule has 0 aliphatic heterocycles. The molecule has 0 saturated carbocycles. The van der Waals surface area contributed by atoms with E-state index in [0.29, 0.717) is 0 Å². The van der Waals surface area contributed by atoms with Crippen LogP contribution < -0.4 is 4.74 Å². The van der Waals surface area contributed by atoms with E-state index in [1.54, 1.807) is 19.6 Å². The van der Waals surface area contributed by atoms with Crippen molar-refractivity contribution in [2.75, 3.05) is 7.11 Å². The Bertz CT molecular complexity index is 742. The summed E-state index contributed by atoms with van der Waals surface area (Å²) in [5.41, 5.74) is 2.08. The monoisotopic (exact) mass is 274 g/mol. The molecular weight excluding hydrogens is 260 g/mol. The fourth-order valence-electron chi connectivity index (χ4n) is 2.12. The third-order valence-electron chi connectivity index (χ3n) is 3.12. The van der Waals surface area contributed by atoms with Crippen molar-refractivity contribution in [3.05, 3.63) is 41.7 Å². The van der Waals surface area contributed by atoms with Crippen molar-refractivity contribution in [2.45, 2.75) is 13.1 Å². The molecule has 2 heterocycles. The van der Waals surface area contributed by atoms with Gasteiger partial charge in [-0.2, -0.15) is 0 Å². The summed E-state index contributed by atoms with van der Waals surface area (Å²) in [7, 11) is 1.66. The van der Waals surface area contributed by atoms with Crippen LogP contribution in [0.3, 0.4) is 0 Å². The van der Waals surface area contributed by atoms with Gasteiger partial charge in [0.25, 0.3) is 0 Å². The van der Waals surface area contributed by atoms with E-state index in [4.69, 9.17) is 17.0 Å². The Labute approximate surface area is 115 Å². The molecule has 0 aliphatic rings. The summed E-state index contributed by atoms with van der Waals surface area (Å²) in [6.45, 7) is 1.63. The normalized spacial score (nSPS) is 11.0. The Morgan fingerprint density at radius 3 is 3.00 bits per heavy atom. The summed E-state index contributed by atoms with van der Waals surface area (Å²) >= 11 is 5.37. The van der Waals surface area contributed by atoms with E-state index in [2.05, 4.69) is 14.5 Å². The molecule has 0 spiro atoms. The number of aromatic amines is 1. The van der Waals surface area contributed by atoms with Gasteiger partial charge in [-0.3, -0.25) is 0 Å². The van der Waals surface area contributed by atoms with Crippen LogP contribution in [0.5, 0.6) is 5.75 Å². The molecule has 5 nitrogen and oxygen atoms in total. The highest BCUT2D eigenvalue weighted by Gasteiger charge is 2.05. The zero-order chi connectivity index (χ0) is 13.2. The number of nitrogens with zero attached hydrogens (tertiary/aromatic N) is 3. The number of rotatable bonds is 4. The van der Waals surface area contributed by atoms with Gasteiger partial charge in [-0.1, -0.05) is 0 Å². The van der Waals surface area contributed by atoms with E-state index in [1.807, 2.05) is 29.0 Å². The minimum atomic E-state index is 0.725. The number of H-pyrrole nitrogens is 1. The van der Waals surface area contributed by atoms with Crippen LogP contribution in [0.4, 0.5) is 0 Å². The van der Waals surface area contributed by atoms with Crippen molar-refractivity contribution in [3.8, 4) is 5.75 Å². The van der Waals surface area contributed by atoms with E-state index in [0.717, 1.165) is 34.6 Å². The van der Waals surface area contributed by atoms with Crippen molar-refractivity contribution in [1.29, 1.82) is 0 Å². The molecule has 1 aromatic carbocycles. The van der Waals surface area contributed by atoms with Crippen LogP contribution in [0.1, 0.15) is 0 Å². The third kappa shape index (κ3) is 2.26. The van der Waals surface area contributed by atoms with Gasteiger partial charge in [0.2, 0.25) is 0 Å². The highest BCUT2D eigenvalue weighted by atomic mass is 32.1. The SMILES string of the molecule is COc1ccc2[nH]c(=S)n(CCn3ccnc3)c2c1. The first-order valence-electron chi connectivity index (χ1n) is 6.00. The first-order chi connectivity index (χ1) is 9.28. The maximum atomic E-state index is 5.37. The van der Waals surface area contributed by atoms with Crippen LogP contribution in [0.15, 0.2) is 36.9 Å². The molecule has 0 unspecified atom stereocenters. The van der Waals surface area contributed by atoms with Crippen LogP contribution in [-0.2, 0) is 13.1 Å². The smallest absolute Gasteiger partial charge is 0.178 e. The van der Waals surface area contributed by atoms with Crippen LogP contribution in [0.25, 0.3) is 11.0 Å². The number of methoxy groups -OCH3 is 1. The fraction of sp³-hybridized carbons (Fsp3) is 0.231. The van der Waals surface area contributed by atoms with E-state index in [-0.39, 0.29) is 0 Å². The van der Waals surface area contributed by atoms with Crippen LogP contribution in [-0.4, -0.2) is 26.2 Å². The number of benzene rings is 1. The van der Waals surface area contributed by atoms with Crippen molar-refractivity contribution in [1.82, 2.24) is 19.1 Å². The average molecular weight is 274 g/mol. The van der Waals surface area contributed by atoms with Gasteiger partial charge in [0, 0.05) is 31.5 Å². The van der Waals surface area contributed by atoms with Gasteiger partial charge in [0.15, 0.2) is 4.77 Å². The van der Waals surface area contributed by atoms with Crippen molar-refractivity contribution < 1.29 is 4.74 Å². The quantitative estimate of drug-likeness (QED) is 0.744. The maximum absolute atomic E-state index is 5.37. The van der Waals surface area contributed by atoms with Crippen LogP contribution in [0.2, 0.25) is 0 Å². The Balaban J connectivity index is 1.97. The summed E-state index contributed by atoms with van der Waals surface area (Å²) in [6.07, 6.45) is 5.52. The molecule has 0 bridgehead atoms. The van der Waals surface area contributed by atoms with E-state index >= 15 is 0 Å². The fourth-order valence-corrected chi connectivity index (χ4v) is 2.42. The predicted molar refractivity (Wildman–Crippen MR) is 75.9 cm³/mol. The third-order valence-corrected chi connectivity index (χ3v) is 3.45. The molecule has 1 N–H and O–H groups in total. The van der Waals surface area contributed by atoms with Gasteiger partial charge >= 0.3 is 0 Å². The molecule has 0 atom stereocenters. The lowest BCUT2D eigenvalue weighted by Crippen LogP contribution is -2.05. The molecule has 98 valence electrons. The molecule has 2 aromatic heterocycles.